The van der Waals surface area contributed by atoms with Crippen molar-refractivity contribution in [1.82, 2.24) is 0 Å². The number of benzene rings is 3. The summed E-state index contributed by atoms with van der Waals surface area (Å²) >= 11 is 3.47. The number of ether oxygens (including phenoxy) is 2. The Labute approximate surface area is 149 Å². The molecule has 3 rings (SSSR count). The van der Waals surface area contributed by atoms with Crippen LogP contribution in [-0.2, 0) is 11.2 Å². The Bertz CT molecular complexity index is 885. The number of rotatable bonds is 4. The van der Waals surface area contributed by atoms with Crippen LogP contribution in [0.5, 0.6) is 11.5 Å². The van der Waals surface area contributed by atoms with Gasteiger partial charge in [-0.25, -0.2) is 0 Å². The maximum absolute atomic E-state index is 12.4. The zero-order valence-electron chi connectivity index (χ0n) is 13.5. The second-order valence-electron chi connectivity index (χ2n) is 5.58. The molecule has 0 aliphatic rings. The molecular formula is C20H17BrO3. The van der Waals surface area contributed by atoms with Gasteiger partial charge in [0, 0.05) is 10.0 Å². The van der Waals surface area contributed by atoms with E-state index < -0.39 is 0 Å². The number of esters is 1. The van der Waals surface area contributed by atoms with Crippen molar-refractivity contribution in [1.29, 1.82) is 0 Å². The number of carbonyl (C=O) groups is 1. The quantitative estimate of drug-likeness (QED) is 0.465. The van der Waals surface area contributed by atoms with Crippen LogP contribution in [0, 0.1) is 6.92 Å². The molecule has 0 heterocycles. The summed E-state index contributed by atoms with van der Waals surface area (Å²) < 4.78 is 11.9. The normalized spacial score (nSPS) is 10.6. The molecule has 0 fully saturated rings. The average molecular weight is 385 g/mol. The number of methoxy groups -OCH3 is 1. The van der Waals surface area contributed by atoms with Crippen molar-refractivity contribution in [2.75, 3.05) is 7.11 Å². The number of halogens is 1. The third kappa shape index (κ3) is 3.60. The second kappa shape index (κ2) is 7.05. The third-order valence-corrected chi connectivity index (χ3v) is 4.34. The van der Waals surface area contributed by atoms with Gasteiger partial charge in [-0.05, 0) is 48.0 Å². The van der Waals surface area contributed by atoms with Gasteiger partial charge in [-0.3, -0.25) is 4.79 Å². The van der Waals surface area contributed by atoms with Gasteiger partial charge in [-0.15, -0.1) is 0 Å². The molecule has 0 aliphatic carbocycles. The molecule has 0 saturated carbocycles. The van der Waals surface area contributed by atoms with Crippen LogP contribution in [0.25, 0.3) is 10.8 Å². The molecule has 0 saturated heterocycles. The largest absolute Gasteiger partial charge is 0.496 e. The van der Waals surface area contributed by atoms with Gasteiger partial charge in [0.25, 0.3) is 0 Å². The molecule has 0 spiro atoms. The summed E-state index contributed by atoms with van der Waals surface area (Å²) in [7, 11) is 1.61. The molecule has 0 amide bonds. The fourth-order valence-electron chi connectivity index (χ4n) is 2.64. The highest BCUT2D eigenvalue weighted by molar-refractivity contribution is 9.10. The van der Waals surface area contributed by atoms with Crippen LogP contribution in [0.15, 0.2) is 59.1 Å². The van der Waals surface area contributed by atoms with Crippen LogP contribution in [0.1, 0.15) is 11.1 Å². The lowest BCUT2D eigenvalue weighted by atomic mass is 10.0. The van der Waals surface area contributed by atoms with Gasteiger partial charge >= 0.3 is 5.97 Å². The van der Waals surface area contributed by atoms with Crippen LogP contribution < -0.4 is 9.47 Å². The summed E-state index contributed by atoms with van der Waals surface area (Å²) in [6.45, 7) is 1.99. The van der Waals surface area contributed by atoms with E-state index in [9.17, 15) is 4.79 Å². The molecule has 0 aromatic heterocycles. The predicted octanol–water partition coefficient (Wildman–Crippen LogP) is 5.07. The van der Waals surface area contributed by atoms with Crippen molar-refractivity contribution in [3.63, 3.8) is 0 Å². The van der Waals surface area contributed by atoms with E-state index in [2.05, 4.69) is 15.9 Å². The first-order chi connectivity index (χ1) is 11.6. The van der Waals surface area contributed by atoms with Gasteiger partial charge < -0.3 is 9.47 Å². The zero-order chi connectivity index (χ0) is 17.1. The Morgan fingerprint density at radius 1 is 1.04 bits per heavy atom. The Balaban J connectivity index is 1.90. The number of carbonyl (C=O) groups excluding carboxylic acids is 1. The molecule has 4 heteroatoms. The van der Waals surface area contributed by atoms with Crippen LogP contribution >= 0.6 is 15.9 Å². The molecule has 0 radical (unpaired) electrons. The predicted molar refractivity (Wildman–Crippen MR) is 98.7 cm³/mol. The number of hydrogen-bond donors (Lipinski definition) is 0. The van der Waals surface area contributed by atoms with Crippen molar-refractivity contribution in [2.24, 2.45) is 0 Å². The first kappa shape index (κ1) is 16.5. The number of aryl methyl sites for hydroxylation is 1. The monoisotopic (exact) mass is 384 g/mol. The minimum absolute atomic E-state index is 0.149. The van der Waals surface area contributed by atoms with E-state index in [4.69, 9.17) is 9.47 Å². The topological polar surface area (TPSA) is 35.5 Å². The Morgan fingerprint density at radius 2 is 1.79 bits per heavy atom. The van der Waals surface area contributed by atoms with Crippen LogP contribution in [-0.4, -0.2) is 13.1 Å². The first-order valence-electron chi connectivity index (χ1n) is 7.59. The van der Waals surface area contributed by atoms with E-state index >= 15 is 0 Å². The molecule has 0 atom stereocenters. The molecule has 3 aromatic carbocycles. The summed E-state index contributed by atoms with van der Waals surface area (Å²) in [4.78, 5) is 12.4. The zero-order valence-corrected chi connectivity index (χ0v) is 15.1. The average Bonchev–Trinajstić information content (AvgIpc) is 2.57. The summed E-state index contributed by atoms with van der Waals surface area (Å²) in [6.07, 6.45) is 0.149. The van der Waals surface area contributed by atoms with Crippen LogP contribution in [0.3, 0.4) is 0 Å². The van der Waals surface area contributed by atoms with Gasteiger partial charge in [-0.1, -0.05) is 45.8 Å². The highest BCUT2D eigenvalue weighted by Gasteiger charge is 2.14. The van der Waals surface area contributed by atoms with E-state index in [1.54, 1.807) is 19.2 Å². The lowest BCUT2D eigenvalue weighted by Gasteiger charge is -2.12. The SMILES string of the molecule is COc1ccc2cc(Br)ccc2c1CC(=O)Oc1ccc(C)cc1. The molecule has 0 unspecified atom stereocenters. The Kier molecular flexibility index (Phi) is 4.86. The molecule has 24 heavy (non-hydrogen) atoms. The van der Waals surface area contributed by atoms with E-state index in [1.807, 2.05) is 49.4 Å². The van der Waals surface area contributed by atoms with Crippen molar-refractivity contribution in [2.45, 2.75) is 13.3 Å². The van der Waals surface area contributed by atoms with Crippen molar-refractivity contribution >= 4 is 32.7 Å². The highest BCUT2D eigenvalue weighted by atomic mass is 79.9. The molecule has 0 aliphatic heterocycles. The first-order valence-corrected chi connectivity index (χ1v) is 8.38. The standard InChI is InChI=1S/C20H17BrO3/c1-13-3-7-16(8-4-13)24-20(22)12-18-17-9-6-15(21)11-14(17)5-10-19(18)23-2/h3-11H,12H2,1-2H3. The van der Waals surface area contributed by atoms with Gasteiger partial charge in [-0.2, -0.15) is 0 Å². The maximum atomic E-state index is 12.4. The lowest BCUT2D eigenvalue weighted by molar-refractivity contribution is -0.133. The van der Waals surface area contributed by atoms with E-state index in [0.717, 1.165) is 26.4 Å². The van der Waals surface area contributed by atoms with Gasteiger partial charge in [0.1, 0.15) is 11.5 Å². The van der Waals surface area contributed by atoms with E-state index in [0.29, 0.717) is 11.5 Å². The lowest BCUT2D eigenvalue weighted by Crippen LogP contribution is -2.12. The molecule has 3 aromatic rings. The van der Waals surface area contributed by atoms with Crippen LogP contribution in [0.2, 0.25) is 0 Å². The fraction of sp³-hybridized carbons (Fsp3) is 0.150. The molecule has 0 bridgehead atoms. The van der Waals surface area contributed by atoms with Gasteiger partial charge in [0.15, 0.2) is 0 Å². The minimum atomic E-state index is -0.312. The van der Waals surface area contributed by atoms with Crippen molar-refractivity contribution in [3.8, 4) is 11.5 Å². The van der Waals surface area contributed by atoms with Crippen molar-refractivity contribution < 1.29 is 14.3 Å². The Morgan fingerprint density at radius 3 is 2.50 bits per heavy atom. The minimum Gasteiger partial charge on any atom is -0.496 e. The molecule has 0 N–H and O–H groups in total. The van der Waals surface area contributed by atoms with Crippen LogP contribution in [0.4, 0.5) is 0 Å². The maximum Gasteiger partial charge on any atom is 0.315 e. The van der Waals surface area contributed by atoms with E-state index in [1.165, 1.54) is 0 Å². The van der Waals surface area contributed by atoms with Crippen molar-refractivity contribution in [3.05, 3.63) is 70.2 Å². The van der Waals surface area contributed by atoms with Gasteiger partial charge in [0.05, 0.1) is 13.5 Å². The number of hydrogen-bond acceptors (Lipinski definition) is 3. The summed E-state index contributed by atoms with van der Waals surface area (Å²) in [5, 5.41) is 2.03. The Hall–Kier alpha value is -2.33. The smallest absolute Gasteiger partial charge is 0.315 e. The molecule has 122 valence electrons. The summed E-state index contributed by atoms with van der Waals surface area (Å²) in [6, 6.07) is 17.2. The summed E-state index contributed by atoms with van der Waals surface area (Å²) in [5.74, 6) is 0.922. The fourth-order valence-corrected chi connectivity index (χ4v) is 3.02. The highest BCUT2D eigenvalue weighted by Crippen LogP contribution is 2.30. The second-order valence-corrected chi connectivity index (χ2v) is 6.49. The molecule has 3 nitrogen and oxygen atoms in total. The molecular weight excluding hydrogens is 368 g/mol. The van der Waals surface area contributed by atoms with Gasteiger partial charge in [0.2, 0.25) is 0 Å². The summed E-state index contributed by atoms with van der Waals surface area (Å²) in [5.41, 5.74) is 1.95. The third-order valence-electron chi connectivity index (χ3n) is 3.84. The van der Waals surface area contributed by atoms with E-state index in [-0.39, 0.29) is 12.4 Å². The number of fused-ring (bicyclic) bond motifs is 1.